The summed E-state index contributed by atoms with van der Waals surface area (Å²) in [6, 6.07) is -0.842. The van der Waals surface area contributed by atoms with Crippen LogP contribution in [0.3, 0.4) is 0 Å². The summed E-state index contributed by atoms with van der Waals surface area (Å²) in [5, 5.41) is 87.7. The lowest BCUT2D eigenvalue weighted by atomic mass is 9.97. The first-order valence-electron chi connectivity index (χ1n) is 37.0. The molecule has 0 spiro atoms. The highest BCUT2D eigenvalue weighted by Crippen LogP contribution is 2.30. The van der Waals surface area contributed by atoms with Crippen LogP contribution < -0.4 is 5.32 Å². The van der Waals surface area contributed by atoms with E-state index in [4.69, 9.17) is 18.9 Å². The first-order valence-corrected chi connectivity index (χ1v) is 37.0. The fourth-order valence-corrected chi connectivity index (χ4v) is 11.7. The molecule has 0 aromatic carbocycles. The third-order valence-corrected chi connectivity index (χ3v) is 17.6. The molecule has 91 heavy (non-hydrogen) atoms. The van der Waals surface area contributed by atoms with Crippen LogP contribution in [0.2, 0.25) is 0 Å². The van der Waals surface area contributed by atoms with Gasteiger partial charge in [-0.15, -0.1) is 0 Å². The largest absolute Gasteiger partial charge is 0.394 e. The zero-order chi connectivity index (χ0) is 65.9. The maximum atomic E-state index is 13.4. The lowest BCUT2D eigenvalue weighted by molar-refractivity contribution is -0.359. The molecule has 0 aliphatic carbocycles. The summed E-state index contributed by atoms with van der Waals surface area (Å²) < 4.78 is 22.9. The number of amides is 1. The maximum absolute atomic E-state index is 13.4. The first-order chi connectivity index (χ1) is 44.6. The highest BCUT2D eigenvalue weighted by atomic mass is 16.7. The highest BCUT2D eigenvalue weighted by Gasteiger charge is 2.51. The van der Waals surface area contributed by atoms with E-state index in [1.807, 2.05) is 0 Å². The minimum atomic E-state index is -1.79. The van der Waals surface area contributed by atoms with Crippen molar-refractivity contribution in [1.82, 2.24) is 5.32 Å². The number of carbonyl (C=O) groups is 1. The molecule has 2 rings (SSSR count). The van der Waals surface area contributed by atoms with Crippen molar-refractivity contribution in [1.29, 1.82) is 0 Å². The van der Waals surface area contributed by atoms with E-state index in [0.717, 1.165) is 103 Å². The molecule has 14 heteroatoms. The predicted octanol–water partition coefficient (Wildman–Crippen LogP) is 15.7. The van der Waals surface area contributed by atoms with Crippen LogP contribution in [0.1, 0.15) is 290 Å². The second-order valence-corrected chi connectivity index (χ2v) is 25.7. The third-order valence-electron chi connectivity index (χ3n) is 17.6. The Bertz CT molecular complexity index is 1900. The van der Waals surface area contributed by atoms with Crippen molar-refractivity contribution in [2.24, 2.45) is 0 Å². The van der Waals surface area contributed by atoms with E-state index in [1.54, 1.807) is 0 Å². The number of hydrogen-bond acceptors (Lipinski definition) is 13. The van der Waals surface area contributed by atoms with Crippen LogP contribution in [0.5, 0.6) is 0 Å². The molecule has 14 nitrogen and oxygen atoms in total. The Morgan fingerprint density at radius 1 is 0.407 bits per heavy atom. The number of nitrogens with one attached hydrogen (secondary N) is 1. The van der Waals surface area contributed by atoms with E-state index in [9.17, 15) is 45.6 Å². The van der Waals surface area contributed by atoms with Gasteiger partial charge in [0.25, 0.3) is 0 Å². The van der Waals surface area contributed by atoms with E-state index in [1.165, 1.54) is 154 Å². The number of aliphatic hydroxyl groups is 8. The van der Waals surface area contributed by atoms with Gasteiger partial charge >= 0.3 is 0 Å². The molecule has 0 bridgehead atoms. The Kier molecular flexibility index (Phi) is 55.9. The minimum absolute atomic E-state index is 0.216. The lowest BCUT2D eigenvalue weighted by Gasteiger charge is -2.46. The summed E-state index contributed by atoms with van der Waals surface area (Å²) in [5.41, 5.74) is 0. The average Bonchev–Trinajstić information content (AvgIpc) is 1.28. The molecule has 0 aromatic rings. The number of allylic oxidation sites excluding steroid dienone is 16. The van der Waals surface area contributed by atoms with Crippen LogP contribution in [-0.4, -0.2) is 140 Å². The maximum Gasteiger partial charge on any atom is 0.220 e. The quantitative estimate of drug-likeness (QED) is 0.0204. The summed E-state index contributed by atoms with van der Waals surface area (Å²) in [4.78, 5) is 13.4. The molecule has 526 valence electrons. The van der Waals surface area contributed by atoms with E-state index < -0.39 is 86.8 Å². The smallest absolute Gasteiger partial charge is 0.220 e. The molecule has 0 saturated carbocycles. The van der Waals surface area contributed by atoms with Crippen LogP contribution in [0, 0.1) is 0 Å². The van der Waals surface area contributed by atoms with Crippen LogP contribution in [-0.2, 0) is 23.7 Å². The topological polar surface area (TPSA) is 228 Å². The van der Waals surface area contributed by atoms with Gasteiger partial charge in [0.1, 0.15) is 48.8 Å². The van der Waals surface area contributed by atoms with Gasteiger partial charge in [-0.3, -0.25) is 4.79 Å². The molecule has 2 aliphatic heterocycles. The van der Waals surface area contributed by atoms with Gasteiger partial charge in [0, 0.05) is 6.42 Å². The molecular weight excluding hydrogens is 1150 g/mol. The fraction of sp³-hybridized carbons (Fsp3) is 0.779. The monoisotopic (exact) mass is 1280 g/mol. The van der Waals surface area contributed by atoms with Gasteiger partial charge < -0.3 is 65.1 Å². The molecule has 12 atom stereocenters. The Hall–Kier alpha value is -3.09. The van der Waals surface area contributed by atoms with Gasteiger partial charge in [0.05, 0.1) is 32.0 Å². The molecular formula is C77H135NO13. The normalized spacial score (nSPS) is 23.4. The van der Waals surface area contributed by atoms with E-state index in [0.29, 0.717) is 12.8 Å². The predicted molar refractivity (Wildman–Crippen MR) is 373 cm³/mol. The van der Waals surface area contributed by atoms with Crippen molar-refractivity contribution < 1.29 is 64.6 Å². The van der Waals surface area contributed by atoms with Gasteiger partial charge in [-0.05, 0) is 77.0 Å². The summed E-state index contributed by atoms with van der Waals surface area (Å²) in [7, 11) is 0. The Balaban J connectivity index is 1.66. The van der Waals surface area contributed by atoms with E-state index in [2.05, 4.69) is 116 Å². The van der Waals surface area contributed by atoms with Crippen molar-refractivity contribution >= 4 is 5.91 Å². The van der Waals surface area contributed by atoms with Crippen molar-refractivity contribution in [2.45, 2.75) is 364 Å². The molecule has 0 aromatic heterocycles. The van der Waals surface area contributed by atoms with Crippen molar-refractivity contribution in [3.05, 3.63) is 97.2 Å². The van der Waals surface area contributed by atoms with E-state index in [-0.39, 0.29) is 18.9 Å². The van der Waals surface area contributed by atoms with Gasteiger partial charge in [0.2, 0.25) is 5.91 Å². The van der Waals surface area contributed by atoms with Gasteiger partial charge in [-0.2, -0.15) is 0 Å². The van der Waals surface area contributed by atoms with Gasteiger partial charge in [0.15, 0.2) is 12.6 Å². The second kappa shape index (κ2) is 60.6. The SMILES string of the molecule is CC/C=C\C/C=C\C/C=C\C/C=C\C/C=C\C/C=C\C/C=C\C/C=C\CCCCCCCCCCC(=O)NC(COC1OC(CO)C(OC2OC(CO)C(O)C(O)C2O)C(O)C1O)C(O)CCCCCCCCCCCCCCCCCCCCCCCCCC. The molecule has 2 saturated heterocycles. The third kappa shape index (κ3) is 44.3. The summed E-state index contributed by atoms with van der Waals surface area (Å²) in [5.74, 6) is -0.216. The molecule has 2 aliphatic rings. The zero-order valence-electron chi connectivity index (χ0n) is 57.3. The van der Waals surface area contributed by atoms with E-state index >= 15 is 0 Å². The molecule has 2 heterocycles. The highest BCUT2D eigenvalue weighted by molar-refractivity contribution is 5.76. The van der Waals surface area contributed by atoms with Gasteiger partial charge in [-0.1, -0.05) is 304 Å². The van der Waals surface area contributed by atoms with Crippen LogP contribution in [0.15, 0.2) is 97.2 Å². The number of aliphatic hydroxyl groups excluding tert-OH is 8. The molecule has 9 N–H and O–H groups in total. The Morgan fingerprint density at radius 3 is 1.16 bits per heavy atom. The van der Waals surface area contributed by atoms with Crippen LogP contribution >= 0.6 is 0 Å². The number of unbranched alkanes of at least 4 members (excludes halogenated alkanes) is 31. The summed E-state index contributed by atoms with van der Waals surface area (Å²) in [6.45, 7) is 2.77. The first kappa shape index (κ1) is 84.0. The summed E-state index contributed by atoms with van der Waals surface area (Å²) in [6.07, 6.45) is 68.4. The number of rotatable bonds is 60. The molecule has 0 radical (unpaired) electrons. The van der Waals surface area contributed by atoms with Crippen LogP contribution in [0.25, 0.3) is 0 Å². The Labute approximate surface area is 553 Å². The van der Waals surface area contributed by atoms with Crippen molar-refractivity contribution in [3.8, 4) is 0 Å². The minimum Gasteiger partial charge on any atom is -0.394 e. The fourth-order valence-electron chi connectivity index (χ4n) is 11.7. The zero-order valence-corrected chi connectivity index (χ0v) is 57.3. The molecule has 12 unspecified atom stereocenters. The second-order valence-electron chi connectivity index (χ2n) is 25.7. The van der Waals surface area contributed by atoms with Gasteiger partial charge in [-0.25, -0.2) is 0 Å². The number of ether oxygens (including phenoxy) is 4. The molecule has 2 fully saturated rings. The Morgan fingerprint density at radius 2 is 0.758 bits per heavy atom. The van der Waals surface area contributed by atoms with Crippen LogP contribution in [0.4, 0.5) is 0 Å². The average molecular weight is 1280 g/mol. The number of hydrogen-bond donors (Lipinski definition) is 9. The lowest BCUT2D eigenvalue weighted by Crippen LogP contribution is -2.65. The number of carbonyl (C=O) groups excluding carboxylic acids is 1. The standard InChI is InChI=1S/C77H135NO13/c1-3-5-7-9-11-13-15-17-19-21-23-25-27-29-30-31-32-33-34-35-36-37-39-41-43-45-47-49-51-53-55-57-59-61-69(82)78-65(64-88-76-74(87)72(85)75(68(63-80)90-76)91-77-73(86)71(84)70(83)67(62-79)89-77)66(81)60-58-56-54-52-50-48-46-44-42-40-38-28-26-24-22-20-18-16-14-12-10-8-6-4-2/h5,7,11,13,17,19,23,25,29-30,32-33,35-36,39,41,65-68,70-77,79-81,83-87H,3-4,6,8-10,12,14-16,18,20-22,24,26-28,31,34,37-38,40,42-64H2,1-2H3,(H,78,82)/b7-5-,13-11-,19-17-,25-23-,30-29-,33-32-,36-35-,41-39-. The summed E-state index contributed by atoms with van der Waals surface area (Å²) >= 11 is 0. The van der Waals surface area contributed by atoms with Crippen molar-refractivity contribution in [3.63, 3.8) is 0 Å². The van der Waals surface area contributed by atoms with Crippen molar-refractivity contribution in [2.75, 3.05) is 19.8 Å². The molecule has 1 amide bonds.